The minimum Gasteiger partial charge on any atom is -0.320 e. The summed E-state index contributed by atoms with van der Waals surface area (Å²) in [5, 5.41) is 2.98. The molecule has 5 heteroatoms. The number of nitrogens with zero attached hydrogens (tertiary/aromatic N) is 3. The van der Waals surface area contributed by atoms with Gasteiger partial charge in [0.15, 0.2) is 5.82 Å². The van der Waals surface area contributed by atoms with Gasteiger partial charge in [-0.25, -0.2) is 14.8 Å². The molecule has 0 fully saturated rings. The molecule has 0 saturated heterocycles. The molecule has 0 spiro atoms. The van der Waals surface area contributed by atoms with Crippen LogP contribution < -0.4 is 5.32 Å². The van der Waals surface area contributed by atoms with Gasteiger partial charge in [0.25, 0.3) is 0 Å². The maximum atomic E-state index is 12.6. The van der Waals surface area contributed by atoms with Crippen LogP contribution in [0.2, 0.25) is 0 Å². The van der Waals surface area contributed by atoms with Gasteiger partial charge in [0.2, 0.25) is 0 Å². The molecule has 0 aliphatic carbocycles. The second kappa shape index (κ2) is 6.96. The van der Waals surface area contributed by atoms with Crippen LogP contribution in [-0.4, -0.2) is 27.4 Å². The fourth-order valence-corrected chi connectivity index (χ4v) is 3.16. The molecule has 0 unspecified atom stereocenters. The molecular weight excluding hydrogens is 324 g/mol. The Balaban J connectivity index is 1.44. The fraction of sp³-hybridized carbons (Fsp3) is 0.190. The van der Waals surface area contributed by atoms with Crippen LogP contribution in [0.3, 0.4) is 0 Å². The fourth-order valence-electron chi connectivity index (χ4n) is 3.16. The van der Waals surface area contributed by atoms with E-state index >= 15 is 0 Å². The Morgan fingerprint density at radius 3 is 2.58 bits per heavy atom. The minimum atomic E-state index is -0.0703. The number of nitrogens with one attached hydrogen (secondary N) is 1. The summed E-state index contributed by atoms with van der Waals surface area (Å²) < 4.78 is 0. The zero-order chi connectivity index (χ0) is 17.9. The SMILES string of the molecule is Cc1ccnc(-c2ccc(NC(=O)N3CCc4ccccc4C3)cc2)n1. The van der Waals surface area contributed by atoms with Crippen LogP contribution >= 0.6 is 0 Å². The van der Waals surface area contributed by atoms with Crippen molar-refractivity contribution in [3.63, 3.8) is 0 Å². The van der Waals surface area contributed by atoms with E-state index in [1.807, 2.05) is 54.3 Å². The van der Waals surface area contributed by atoms with Crippen molar-refractivity contribution in [2.75, 3.05) is 11.9 Å². The maximum absolute atomic E-state index is 12.6. The average Bonchev–Trinajstić information content (AvgIpc) is 2.68. The van der Waals surface area contributed by atoms with E-state index in [4.69, 9.17) is 0 Å². The Morgan fingerprint density at radius 1 is 1.04 bits per heavy atom. The summed E-state index contributed by atoms with van der Waals surface area (Å²) in [5.41, 5.74) is 5.18. The zero-order valence-corrected chi connectivity index (χ0v) is 14.6. The molecular formula is C21H20N4O. The second-order valence-corrected chi connectivity index (χ2v) is 6.47. The number of fused-ring (bicyclic) bond motifs is 1. The van der Waals surface area contributed by atoms with Crippen LogP contribution in [-0.2, 0) is 13.0 Å². The van der Waals surface area contributed by atoms with E-state index in [0.717, 1.165) is 29.9 Å². The highest BCUT2D eigenvalue weighted by molar-refractivity contribution is 5.89. The summed E-state index contributed by atoms with van der Waals surface area (Å²) in [6.45, 7) is 3.33. The van der Waals surface area contributed by atoms with Gasteiger partial charge in [-0.3, -0.25) is 0 Å². The predicted octanol–water partition coefficient (Wildman–Crippen LogP) is 4.04. The number of carbonyl (C=O) groups excluding carboxylic acids is 1. The van der Waals surface area contributed by atoms with Crippen molar-refractivity contribution >= 4 is 11.7 Å². The van der Waals surface area contributed by atoms with Gasteiger partial charge in [0, 0.05) is 36.2 Å². The van der Waals surface area contributed by atoms with E-state index in [0.29, 0.717) is 12.4 Å². The van der Waals surface area contributed by atoms with E-state index in [2.05, 4.69) is 27.4 Å². The summed E-state index contributed by atoms with van der Waals surface area (Å²) in [5.74, 6) is 0.690. The standard InChI is InChI=1S/C21H20N4O/c1-15-10-12-22-20(23-15)17-6-8-19(9-7-17)24-21(26)25-13-11-16-4-2-3-5-18(16)14-25/h2-10,12H,11,13-14H2,1H3,(H,24,26). The third-order valence-corrected chi connectivity index (χ3v) is 4.61. The number of amides is 2. The topological polar surface area (TPSA) is 58.1 Å². The van der Waals surface area contributed by atoms with Gasteiger partial charge in [-0.15, -0.1) is 0 Å². The molecule has 0 bridgehead atoms. The minimum absolute atomic E-state index is 0.0703. The number of hydrogen-bond acceptors (Lipinski definition) is 3. The quantitative estimate of drug-likeness (QED) is 0.763. The van der Waals surface area contributed by atoms with Gasteiger partial charge >= 0.3 is 6.03 Å². The van der Waals surface area contributed by atoms with Gasteiger partial charge in [0.1, 0.15) is 0 Å². The lowest BCUT2D eigenvalue weighted by molar-refractivity contribution is 0.206. The van der Waals surface area contributed by atoms with Crippen molar-refractivity contribution in [3.8, 4) is 11.4 Å². The molecule has 0 saturated carbocycles. The molecule has 2 aromatic carbocycles. The lowest BCUT2D eigenvalue weighted by Crippen LogP contribution is -2.38. The Labute approximate surface area is 152 Å². The Kier molecular flexibility index (Phi) is 4.35. The van der Waals surface area contributed by atoms with Gasteiger partial charge in [-0.05, 0) is 54.8 Å². The van der Waals surface area contributed by atoms with E-state index in [9.17, 15) is 4.79 Å². The summed E-state index contributed by atoms with van der Waals surface area (Å²) in [7, 11) is 0. The molecule has 2 heterocycles. The monoisotopic (exact) mass is 344 g/mol. The van der Waals surface area contributed by atoms with Crippen LogP contribution in [0.15, 0.2) is 60.8 Å². The second-order valence-electron chi connectivity index (χ2n) is 6.47. The summed E-state index contributed by atoms with van der Waals surface area (Å²) in [4.78, 5) is 23.1. The molecule has 4 rings (SSSR count). The van der Waals surface area contributed by atoms with Crippen molar-refractivity contribution in [1.29, 1.82) is 0 Å². The molecule has 1 aromatic heterocycles. The summed E-state index contributed by atoms with van der Waals surface area (Å²) in [6.07, 6.45) is 2.65. The maximum Gasteiger partial charge on any atom is 0.322 e. The number of benzene rings is 2. The molecule has 26 heavy (non-hydrogen) atoms. The molecule has 3 aromatic rings. The molecule has 1 aliphatic rings. The third-order valence-electron chi connectivity index (χ3n) is 4.61. The number of aromatic nitrogens is 2. The van der Waals surface area contributed by atoms with Crippen molar-refractivity contribution in [1.82, 2.24) is 14.9 Å². The van der Waals surface area contributed by atoms with Gasteiger partial charge < -0.3 is 10.2 Å². The van der Waals surface area contributed by atoms with Crippen molar-refractivity contribution in [2.24, 2.45) is 0 Å². The first-order valence-electron chi connectivity index (χ1n) is 8.72. The molecule has 130 valence electrons. The van der Waals surface area contributed by atoms with Gasteiger partial charge in [-0.1, -0.05) is 24.3 Å². The molecule has 5 nitrogen and oxygen atoms in total. The Hall–Kier alpha value is -3.21. The lowest BCUT2D eigenvalue weighted by atomic mass is 10.0. The van der Waals surface area contributed by atoms with Crippen LogP contribution in [0.4, 0.5) is 10.5 Å². The first-order valence-corrected chi connectivity index (χ1v) is 8.72. The van der Waals surface area contributed by atoms with Crippen molar-refractivity contribution in [3.05, 3.63) is 77.6 Å². The third kappa shape index (κ3) is 3.42. The van der Waals surface area contributed by atoms with E-state index in [1.165, 1.54) is 11.1 Å². The highest BCUT2D eigenvalue weighted by Gasteiger charge is 2.20. The summed E-state index contributed by atoms with van der Waals surface area (Å²) >= 11 is 0. The van der Waals surface area contributed by atoms with E-state index in [-0.39, 0.29) is 6.03 Å². The highest BCUT2D eigenvalue weighted by Crippen LogP contribution is 2.21. The number of anilines is 1. The van der Waals surface area contributed by atoms with Crippen LogP contribution in [0.25, 0.3) is 11.4 Å². The van der Waals surface area contributed by atoms with Crippen LogP contribution in [0, 0.1) is 6.92 Å². The lowest BCUT2D eigenvalue weighted by Gasteiger charge is -2.29. The first-order chi connectivity index (χ1) is 12.7. The average molecular weight is 344 g/mol. The molecule has 0 radical (unpaired) electrons. The number of urea groups is 1. The van der Waals surface area contributed by atoms with Crippen LogP contribution in [0.5, 0.6) is 0 Å². The smallest absolute Gasteiger partial charge is 0.320 e. The van der Waals surface area contributed by atoms with Crippen molar-refractivity contribution in [2.45, 2.75) is 19.9 Å². The Bertz CT molecular complexity index is 937. The number of carbonyl (C=O) groups is 1. The Morgan fingerprint density at radius 2 is 1.81 bits per heavy atom. The highest BCUT2D eigenvalue weighted by atomic mass is 16.2. The number of aryl methyl sites for hydroxylation is 1. The summed E-state index contributed by atoms with van der Waals surface area (Å²) in [6, 6.07) is 17.7. The van der Waals surface area contributed by atoms with E-state index in [1.54, 1.807) is 6.20 Å². The normalized spacial score (nSPS) is 13.2. The molecule has 1 N–H and O–H groups in total. The van der Waals surface area contributed by atoms with Gasteiger partial charge in [-0.2, -0.15) is 0 Å². The largest absolute Gasteiger partial charge is 0.322 e. The van der Waals surface area contributed by atoms with Gasteiger partial charge in [0.05, 0.1) is 0 Å². The van der Waals surface area contributed by atoms with E-state index < -0.39 is 0 Å². The predicted molar refractivity (Wildman–Crippen MR) is 102 cm³/mol. The zero-order valence-electron chi connectivity index (χ0n) is 14.6. The molecule has 1 aliphatic heterocycles. The number of hydrogen-bond donors (Lipinski definition) is 1. The molecule has 0 atom stereocenters. The first kappa shape index (κ1) is 16.3. The van der Waals surface area contributed by atoms with Crippen molar-refractivity contribution < 1.29 is 4.79 Å². The van der Waals surface area contributed by atoms with Crippen LogP contribution in [0.1, 0.15) is 16.8 Å². The number of rotatable bonds is 2. The molecule has 2 amide bonds.